The lowest BCUT2D eigenvalue weighted by atomic mass is 9.78. The van der Waals surface area contributed by atoms with E-state index in [9.17, 15) is 0 Å². The van der Waals surface area contributed by atoms with Crippen LogP contribution in [0.5, 0.6) is 0 Å². The van der Waals surface area contributed by atoms with Gasteiger partial charge in [0, 0.05) is 5.92 Å². The average Bonchev–Trinajstić information content (AvgIpc) is 3.10. The second-order valence-corrected chi connectivity index (χ2v) is 9.15. The molecule has 156 valence electrons. The number of allylic oxidation sites excluding steroid dienone is 4. The molecule has 0 aliphatic heterocycles. The number of hydrogen-bond donors (Lipinski definition) is 0. The minimum Gasteiger partial charge on any atom is -0.0949 e. The molecule has 0 N–H and O–H groups in total. The summed E-state index contributed by atoms with van der Waals surface area (Å²) in [6, 6.07) is 18.5. The van der Waals surface area contributed by atoms with Crippen LogP contribution in [0.1, 0.15) is 87.0 Å². The first kappa shape index (κ1) is 20.9. The third-order valence-corrected chi connectivity index (χ3v) is 7.45. The summed E-state index contributed by atoms with van der Waals surface area (Å²) in [5.74, 6) is 1.84. The second-order valence-electron chi connectivity index (χ2n) is 9.15. The normalized spacial score (nSPS) is 22.5. The van der Waals surface area contributed by atoms with Crippen LogP contribution in [0.15, 0.2) is 77.9 Å². The van der Waals surface area contributed by atoms with Gasteiger partial charge >= 0.3 is 0 Å². The van der Waals surface area contributed by atoms with E-state index in [-0.39, 0.29) is 0 Å². The van der Waals surface area contributed by atoms with Crippen LogP contribution in [0.4, 0.5) is 0 Å². The van der Waals surface area contributed by atoms with Crippen molar-refractivity contribution in [2.24, 2.45) is 5.92 Å². The molecule has 1 fully saturated rings. The summed E-state index contributed by atoms with van der Waals surface area (Å²) in [6.07, 6.45) is 11.9. The van der Waals surface area contributed by atoms with Crippen LogP contribution in [0.2, 0.25) is 0 Å². The summed E-state index contributed by atoms with van der Waals surface area (Å²) in [4.78, 5) is 0. The van der Waals surface area contributed by atoms with Crippen LogP contribution >= 0.6 is 0 Å². The fraction of sp³-hybridized carbons (Fsp3) is 0.400. The highest BCUT2D eigenvalue weighted by atomic mass is 14.4. The first-order chi connectivity index (χ1) is 14.6. The molecular weight excluding hydrogens is 360 g/mol. The molecule has 2 aliphatic rings. The molecule has 1 saturated carbocycles. The van der Waals surface area contributed by atoms with Gasteiger partial charge in [0.15, 0.2) is 0 Å². The summed E-state index contributed by atoms with van der Waals surface area (Å²) < 4.78 is 0. The molecule has 0 aromatic heterocycles. The Morgan fingerprint density at radius 1 is 0.967 bits per heavy atom. The van der Waals surface area contributed by atoms with Crippen molar-refractivity contribution in [2.45, 2.75) is 71.1 Å². The lowest BCUT2D eigenvalue weighted by Crippen LogP contribution is -2.12. The van der Waals surface area contributed by atoms with E-state index >= 15 is 0 Å². The first-order valence-electron chi connectivity index (χ1n) is 11.9. The van der Waals surface area contributed by atoms with E-state index in [0.29, 0.717) is 17.8 Å². The van der Waals surface area contributed by atoms with Gasteiger partial charge in [-0.15, -0.1) is 0 Å². The molecule has 0 amide bonds. The third kappa shape index (κ3) is 4.24. The topological polar surface area (TPSA) is 0 Å². The average molecular weight is 397 g/mol. The monoisotopic (exact) mass is 396 g/mol. The first-order valence-corrected chi connectivity index (χ1v) is 11.9. The van der Waals surface area contributed by atoms with Gasteiger partial charge in [-0.2, -0.15) is 0 Å². The van der Waals surface area contributed by atoms with Crippen LogP contribution in [0.3, 0.4) is 0 Å². The number of aryl methyl sites for hydroxylation is 1. The van der Waals surface area contributed by atoms with Crippen molar-refractivity contribution in [2.75, 3.05) is 0 Å². The van der Waals surface area contributed by atoms with E-state index in [0.717, 1.165) is 12.8 Å². The number of benzene rings is 2. The number of fused-ring (bicyclic) bond motifs is 1. The van der Waals surface area contributed by atoms with E-state index in [1.54, 1.807) is 5.57 Å². The maximum Gasteiger partial charge on any atom is 0.00543 e. The summed E-state index contributed by atoms with van der Waals surface area (Å²) >= 11 is 0. The predicted molar refractivity (Wildman–Crippen MR) is 131 cm³/mol. The van der Waals surface area contributed by atoms with Crippen LogP contribution in [-0.2, 0) is 6.42 Å². The Labute approximate surface area is 183 Å². The Bertz CT molecular complexity index is 933. The van der Waals surface area contributed by atoms with Crippen LogP contribution in [0, 0.1) is 5.92 Å². The molecule has 0 saturated heterocycles. The largest absolute Gasteiger partial charge is 0.0949 e. The summed E-state index contributed by atoms with van der Waals surface area (Å²) in [5, 5.41) is 0. The minimum absolute atomic E-state index is 0.532. The minimum atomic E-state index is 0.532. The van der Waals surface area contributed by atoms with Crippen molar-refractivity contribution in [3.63, 3.8) is 0 Å². The molecule has 0 bridgehead atoms. The second kappa shape index (κ2) is 9.21. The third-order valence-electron chi connectivity index (χ3n) is 7.45. The molecule has 0 spiro atoms. The van der Waals surface area contributed by atoms with E-state index in [2.05, 4.69) is 88.0 Å². The van der Waals surface area contributed by atoms with Crippen LogP contribution < -0.4 is 0 Å². The summed E-state index contributed by atoms with van der Waals surface area (Å²) in [6.45, 7) is 11.3. The van der Waals surface area contributed by atoms with Crippen LogP contribution in [0.25, 0.3) is 6.08 Å². The van der Waals surface area contributed by atoms with Crippen LogP contribution in [-0.4, -0.2) is 0 Å². The predicted octanol–water partition coefficient (Wildman–Crippen LogP) is 8.62. The summed E-state index contributed by atoms with van der Waals surface area (Å²) in [7, 11) is 0. The Hall–Kier alpha value is -2.34. The maximum atomic E-state index is 4.53. The highest BCUT2D eigenvalue weighted by molar-refractivity contribution is 5.64. The van der Waals surface area contributed by atoms with E-state index in [1.165, 1.54) is 59.1 Å². The fourth-order valence-electron chi connectivity index (χ4n) is 5.35. The fourth-order valence-corrected chi connectivity index (χ4v) is 5.35. The standard InChI is InChI=1S/C30H36/c1-5-22-8-12-26(13-9-22)27-16-17-28-19-29(21(4)30(28)20-27)18-23-10-14-25(15-11-23)24(6-2)7-3/h8-15,17-18,24,27,30H,4-7,16,19-20H2,1-3H3/b29-18-. The van der Waals surface area contributed by atoms with Gasteiger partial charge in [0.2, 0.25) is 0 Å². The van der Waals surface area contributed by atoms with Gasteiger partial charge in [-0.1, -0.05) is 93.6 Å². The SMILES string of the molecule is C=C1/C(=C\c2ccc(C(CC)CC)cc2)CC2=CCC(c3ccc(CC)cc3)CC12. The van der Waals surface area contributed by atoms with Gasteiger partial charge in [0.1, 0.15) is 0 Å². The van der Waals surface area contributed by atoms with Crippen molar-refractivity contribution in [1.29, 1.82) is 0 Å². The van der Waals surface area contributed by atoms with Crippen molar-refractivity contribution < 1.29 is 0 Å². The molecule has 2 atom stereocenters. The highest BCUT2D eigenvalue weighted by Crippen LogP contribution is 2.49. The van der Waals surface area contributed by atoms with Gasteiger partial charge in [-0.3, -0.25) is 0 Å². The zero-order valence-corrected chi connectivity index (χ0v) is 19.0. The summed E-state index contributed by atoms with van der Waals surface area (Å²) in [5.41, 5.74) is 10.1. The molecule has 2 unspecified atom stereocenters. The van der Waals surface area contributed by atoms with Crippen molar-refractivity contribution in [3.05, 3.63) is 100 Å². The van der Waals surface area contributed by atoms with E-state index in [1.807, 2.05) is 0 Å². The Morgan fingerprint density at radius 2 is 1.67 bits per heavy atom. The van der Waals surface area contributed by atoms with E-state index in [4.69, 9.17) is 0 Å². The molecule has 30 heavy (non-hydrogen) atoms. The molecule has 4 rings (SSSR count). The highest BCUT2D eigenvalue weighted by Gasteiger charge is 2.33. The van der Waals surface area contributed by atoms with Gasteiger partial charge in [-0.25, -0.2) is 0 Å². The Morgan fingerprint density at radius 3 is 2.30 bits per heavy atom. The zero-order valence-electron chi connectivity index (χ0n) is 19.0. The van der Waals surface area contributed by atoms with Crippen molar-refractivity contribution in [1.82, 2.24) is 0 Å². The molecule has 0 nitrogen and oxygen atoms in total. The van der Waals surface area contributed by atoms with Gasteiger partial charge in [0.05, 0.1) is 0 Å². The lowest BCUT2D eigenvalue weighted by Gasteiger charge is -2.26. The van der Waals surface area contributed by atoms with Gasteiger partial charge < -0.3 is 0 Å². The number of hydrogen-bond acceptors (Lipinski definition) is 0. The molecule has 2 aromatic rings. The molecule has 2 aliphatic carbocycles. The lowest BCUT2D eigenvalue weighted by molar-refractivity contribution is 0.524. The van der Waals surface area contributed by atoms with Crippen molar-refractivity contribution >= 4 is 6.08 Å². The maximum absolute atomic E-state index is 4.53. The van der Waals surface area contributed by atoms with Crippen molar-refractivity contribution in [3.8, 4) is 0 Å². The van der Waals surface area contributed by atoms with Gasteiger partial charge in [-0.05, 0) is 83.8 Å². The zero-order chi connectivity index (χ0) is 21.1. The molecular formula is C30H36. The molecule has 0 radical (unpaired) electrons. The Kier molecular flexibility index (Phi) is 6.42. The number of rotatable bonds is 6. The molecule has 0 heteroatoms. The van der Waals surface area contributed by atoms with E-state index < -0.39 is 0 Å². The molecule has 2 aromatic carbocycles. The smallest absolute Gasteiger partial charge is 0.00543 e. The quantitative estimate of drug-likeness (QED) is 0.429. The molecule has 0 heterocycles. The Balaban J connectivity index is 1.48. The van der Waals surface area contributed by atoms with Gasteiger partial charge in [0.25, 0.3) is 0 Å².